The molecule has 0 unspecified atom stereocenters. The highest BCUT2D eigenvalue weighted by atomic mass is 19.1. The first-order valence-electron chi connectivity index (χ1n) is 4.63. The molecule has 0 spiro atoms. The van der Waals surface area contributed by atoms with E-state index >= 15 is 0 Å². The Kier molecular flexibility index (Phi) is 2.37. The summed E-state index contributed by atoms with van der Waals surface area (Å²) in [5.74, 6) is -0.306. The minimum atomic E-state index is -0.306. The maximum atomic E-state index is 12.7. The Balaban J connectivity index is 2.59. The van der Waals surface area contributed by atoms with Gasteiger partial charge in [-0.15, -0.1) is 0 Å². The maximum Gasteiger partial charge on any atom is 0.257 e. The van der Waals surface area contributed by atoms with Crippen molar-refractivity contribution in [2.75, 3.05) is 0 Å². The van der Waals surface area contributed by atoms with Crippen molar-refractivity contribution in [3.05, 3.63) is 64.3 Å². The van der Waals surface area contributed by atoms with Crippen LogP contribution in [0.4, 0.5) is 4.39 Å². The minimum Gasteiger partial charge on any atom is -0.284 e. The first-order valence-corrected chi connectivity index (χ1v) is 4.63. The molecule has 0 N–H and O–H groups in total. The van der Waals surface area contributed by atoms with Crippen molar-refractivity contribution in [2.24, 2.45) is 0 Å². The summed E-state index contributed by atoms with van der Waals surface area (Å²) in [6, 6.07) is 9.38. The molecular weight excluding hydrogens is 193 g/mol. The number of hydrogen-bond acceptors (Lipinski definition) is 1. The fourth-order valence-corrected chi connectivity index (χ4v) is 1.41. The van der Waals surface area contributed by atoms with Crippen LogP contribution in [0.25, 0.3) is 5.69 Å². The summed E-state index contributed by atoms with van der Waals surface area (Å²) >= 11 is 0. The Hall–Kier alpha value is -1.90. The van der Waals surface area contributed by atoms with Crippen molar-refractivity contribution in [3.8, 4) is 5.69 Å². The molecule has 0 saturated heterocycles. The Labute approximate surface area is 86.6 Å². The number of rotatable bonds is 1. The largest absolute Gasteiger partial charge is 0.284 e. The molecule has 0 aliphatic carbocycles. The molecule has 15 heavy (non-hydrogen) atoms. The van der Waals surface area contributed by atoms with Gasteiger partial charge in [-0.3, -0.25) is 9.36 Å². The van der Waals surface area contributed by atoms with Crippen LogP contribution in [-0.2, 0) is 0 Å². The number of aromatic nitrogens is 1. The Morgan fingerprint density at radius 2 is 1.80 bits per heavy atom. The van der Waals surface area contributed by atoms with E-state index in [9.17, 15) is 9.18 Å². The summed E-state index contributed by atoms with van der Waals surface area (Å²) in [5, 5.41) is 0. The van der Waals surface area contributed by atoms with Gasteiger partial charge in [0.1, 0.15) is 5.82 Å². The third-order valence-electron chi connectivity index (χ3n) is 2.24. The standard InChI is InChI=1S/C12H10FNO/c1-9-3-2-8-14(12(9)15)11-6-4-10(13)5-7-11/h2-8H,1H3. The van der Waals surface area contributed by atoms with E-state index in [1.54, 1.807) is 37.4 Å². The van der Waals surface area contributed by atoms with E-state index in [0.717, 1.165) is 0 Å². The smallest absolute Gasteiger partial charge is 0.257 e. The summed E-state index contributed by atoms with van der Waals surface area (Å²) in [6.45, 7) is 1.75. The Morgan fingerprint density at radius 1 is 1.13 bits per heavy atom. The van der Waals surface area contributed by atoms with Gasteiger partial charge in [0.25, 0.3) is 5.56 Å². The molecule has 1 aromatic heterocycles. The highest BCUT2D eigenvalue weighted by Gasteiger charge is 2.00. The minimum absolute atomic E-state index is 0.0795. The van der Waals surface area contributed by atoms with Gasteiger partial charge in [-0.25, -0.2) is 4.39 Å². The molecule has 0 aliphatic heterocycles. The summed E-state index contributed by atoms with van der Waals surface area (Å²) in [5.41, 5.74) is 1.26. The molecule has 1 heterocycles. The molecule has 0 saturated carbocycles. The molecule has 0 radical (unpaired) electrons. The Bertz CT molecular complexity index is 528. The monoisotopic (exact) mass is 203 g/mol. The molecule has 3 heteroatoms. The normalized spacial score (nSPS) is 10.3. The van der Waals surface area contributed by atoms with Crippen LogP contribution in [-0.4, -0.2) is 4.57 Å². The van der Waals surface area contributed by atoms with Gasteiger partial charge in [-0.2, -0.15) is 0 Å². The zero-order chi connectivity index (χ0) is 10.8. The lowest BCUT2D eigenvalue weighted by Gasteiger charge is -2.05. The van der Waals surface area contributed by atoms with Crippen molar-refractivity contribution in [3.63, 3.8) is 0 Å². The third-order valence-corrected chi connectivity index (χ3v) is 2.24. The van der Waals surface area contributed by atoms with Crippen molar-refractivity contribution < 1.29 is 4.39 Å². The average Bonchev–Trinajstić information content (AvgIpc) is 2.24. The maximum absolute atomic E-state index is 12.7. The number of benzene rings is 1. The van der Waals surface area contributed by atoms with Crippen LogP contribution in [0.5, 0.6) is 0 Å². The molecule has 0 atom stereocenters. The van der Waals surface area contributed by atoms with E-state index < -0.39 is 0 Å². The van der Waals surface area contributed by atoms with Crippen molar-refractivity contribution in [1.82, 2.24) is 4.57 Å². The molecule has 76 valence electrons. The molecule has 1 aromatic carbocycles. The van der Waals surface area contributed by atoms with Gasteiger partial charge < -0.3 is 0 Å². The second kappa shape index (κ2) is 3.69. The van der Waals surface area contributed by atoms with Crippen LogP contribution in [0.15, 0.2) is 47.4 Å². The summed E-state index contributed by atoms with van der Waals surface area (Å²) in [6.07, 6.45) is 1.67. The highest BCUT2D eigenvalue weighted by molar-refractivity contribution is 5.33. The van der Waals surface area contributed by atoms with Gasteiger partial charge in [0.2, 0.25) is 0 Å². The van der Waals surface area contributed by atoms with Crippen LogP contribution >= 0.6 is 0 Å². The van der Waals surface area contributed by atoms with Crippen LogP contribution in [0.2, 0.25) is 0 Å². The first kappa shape index (κ1) is 9.65. The lowest BCUT2D eigenvalue weighted by molar-refractivity contribution is 0.627. The first-order chi connectivity index (χ1) is 7.18. The summed E-state index contributed by atoms with van der Waals surface area (Å²) in [7, 11) is 0. The van der Waals surface area contributed by atoms with Crippen molar-refractivity contribution >= 4 is 0 Å². The van der Waals surface area contributed by atoms with E-state index in [1.165, 1.54) is 16.7 Å². The summed E-state index contributed by atoms with van der Waals surface area (Å²) < 4.78 is 14.2. The quantitative estimate of drug-likeness (QED) is 0.697. The lowest BCUT2D eigenvalue weighted by atomic mass is 10.2. The van der Waals surface area contributed by atoms with Crippen LogP contribution in [0.3, 0.4) is 0 Å². The van der Waals surface area contributed by atoms with Gasteiger partial charge in [0.15, 0.2) is 0 Å². The zero-order valence-electron chi connectivity index (χ0n) is 8.27. The SMILES string of the molecule is Cc1cccn(-c2ccc(F)cc2)c1=O. The van der Waals surface area contributed by atoms with Gasteiger partial charge in [-0.1, -0.05) is 6.07 Å². The van der Waals surface area contributed by atoms with E-state index in [1.807, 2.05) is 0 Å². The fraction of sp³-hybridized carbons (Fsp3) is 0.0833. The second-order valence-corrected chi connectivity index (χ2v) is 3.34. The van der Waals surface area contributed by atoms with Gasteiger partial charge in [0.05, 0.1) is 0 Å². The number of halogens is 1. The fourth-order valence-electron chi connectivity index (χ4n) is 1.41. The zero-order valence-corrected chi connectivity index (χ0v) is 8.27. The van der Waals surface area contributed by atoms with Gasteiger partial charge in [-0.05, 0) is 37.3 Å². The molecule has 0 bridgehead atoms. The molecule has 2 rings (SSSR count). The van der Waals surface area contributed by atoms with E-state index in [4.69, 9.17) is 0 Å². The average molecular weight is 203 g/mol. The molecule has 2 aromatic rings. The van der Waals surface area contributed by atoms with Crippen molar-refractivity contribution in [2.45, 2.75) is 6.92 Å². The lowest BCUT2D eigenvalue weighted by Crippen LogP contribution is -2.19. The molecule has 0 fully saturated rings. The van der Waals surface area contributed by atoms with Gasteiger partial charge >= 0.3 is 0 Å². The van der Waals surface area contributed by atoms with Crippen LogP contribution < -0.4 is 5.56 Å². The number of nitrogens with zero attached hydrogens (tertiary/aromatic N) is 1. The van der Waals surface area contributed by atoms with E-state index in [0.29, 0.717) is 11.3 Å². The van der Waals surface area contributed by atoms with Crippen LogP contribution in [0, 0.1) is 12.7 Å². The highest BCUT2D eigenvalue weighted by Crippen LogP contribution is 2.06. The Morgan fingerprint density at radius 3 is 2.47 bits per heavy atom. The molecule has 0 aliphatic rings. The van der Waals surface area contributed by atoms with E-state index in [2.05, 4.69) is 0 Å². The van der Waals surface area contributed by atoms with Crippen molar-refractivity contribution in [1.29, 1.82) is 0 Å². The molecule has 0 amide bonds. The predicted octanol–water partition coefficient (Wildman–Crippen LogP) is 2.29. The van der Waals surface area contributed by atoms with Gasteiger partial charge in [0, 0.05) is 17.4 Å². The molecular formula is C12H10FNO. The predicted molar refractivity (Wildman–Crippen MR) is 56.7 cm³/mol. The van der Waals surface area contributed by atoms with E-state index in [-0.39, 0.29) is 11.4 Å². The number of aryl methyl sites for hydroxylation is 1. The number of hydrogen-bond donors (Lipinski definition) is 0. The molecule has 2 nitrogen and oxygen atoms in total. The van der Waals surface area contributed by atoms with Crippen LogP contribution in [0.1, 0.15) is 5.56 Å². The number of pyridine rings is 1. The summed E-state index contributed by atoms with van der Waals surface area (Å²) in [4.78, 5) is 11.7. The topological polar surface area (TPSA) is 22.0 Å². The third kappa shape index (κ3) is 1.81. The second-order valence-electron chi connectivity index (χ2n) is 3.34.